The van der Waals surface area contributed by atoms with Crippen molar-refractivity contribution in [2.75, 3.05) is 32.7 Å². The van der Waals surface area contributed by atoms with Crippen molar-refractivity contribution >= 4 is 27.8 Å². The van der Waals surface area contributed by atoms with Crippen molar-refractivity contribution in [1.29, 1.82) is 0 Å². The highest BCUT2D eigenvalue weighted by atomic mass is 16.5. The fraction of sp³-hybridized carbons (Fsp3) is 0.238. The van der Waals surface area contributed by atoms with Crippen molar-refractivity contribution in [3.8, 4) is 11.5 Å². The number of aromatic amines is 1. The van der Waals surface area contributed by atoms with Crippen LogP contribution >= 0.6 is 0 Å². The molecule has 2 aromatic carbocycles. The van der Waals surface area contributed by atoms with Gasteiger partial charge in [0.2, 0.25) is 0 Å². The summed E-state index contributed by atoms with van der Waals surface area (Å²) >= 11 is 0. The van der Waals surface area contributed by atoms with Gasteiger partial charge in [0.1, 0.15) is 17.4 Å². The number of ether oxygens (including phenoxy) is 2. The number of nitrogens with zero attached hydrogens (tertiary/aromatic N) is 3. The van der Waals surface area contributed by atoms with Gasteiger partial charge in [-0.25, -0.2) is 9.97 Å². The molecule has 0 aliphatic heterocycles. The Bertz CT molecular complexity index is 1090. The third-order valence-electron chi connectivity index (χ3n) is 4.81. The van der Waals surface area contributed by atoms with Gasteiger partial charge in [-0.2, -0.15) is 0 Å². The molecule has 0 radical (unpaired) electrons. The second-order valence-corrected chi connectivity index (χ2v) is 6.45. The van der Waals surface area contributed by atoms with Gasteiger partial charge < -0.3 is 19.4 Å². The Morgan fingerprint density at radius 1 is 1.00 bits per heavy atom. The first-order chi connectivity index (χ1) is 13.2. The number of anilines is 1. The monoisotopic (exact) mass is 362 g/mol. The van der Waals surface area contributed by atoms with Crippen LogP contribution in [-0.2, 0) is 6.42 Å². The summed E-state index contributed by atoms with van der Waals surface area (Å²) in [6.07, 6.45) is 2.49. The number of rotatable bonds is 6. The molecule has 0 atom stereocenters. The Morgan fingerprint density at radius 2 is 1.81 bits per heavy atom. The Morgan fingerprint density at radius 3 is 2.63 bits per heavy atom. The number of H-pyrrole nitrogens is 1. The Hall–Kier alpha value is -3.28. The van der Waals surface area contributed by atoms with Crippen LogP contribution in [0.3, 0.4) is 0 Å². The normalized spacial score (nSPS) is 11.1. The summed E-state index contributed by atoms with van der Waals surface area (Å²) in [5.41, 5.74) is 4.17. The van der Waals surface area contributed by atoms with E-state index in [1.807, 2.05) is 31.3 Å². The van der Waals surface area contributed by atoms with Crippen LogP contribution < -0.4 is 14.4 Å². The third kappa shape index (κ3) is 3.14. The lowest BCUT2D eigenvalue weighted by Gasteiger charge is -2.19. The van der Waals surface area contributed by atoms with Crippen LogP contribution in [0.4, 0.5) is 5.82 Å². The molecule has 4 rings (SSSR count). The van der Waals surface area contributed by atoms with Crippen LogP contribution in [0.15, 0.2) is 48.8 Å². The summed E-state index contributed by atoms with van der Waals surface area (Å²) in [5, 5.41) is 1.12. The Kier molecular flexibility index (Phi) is 4.54. The molecule has 0 saturated heterocycles. The summed E-state index contributed by atoms with van der Waals surface area (Å²) in [5.74, 6) is 2.39. The van der Waals surface area contributed by atoms with Gasteiger partial charge in [0.05, 0.1) is 14.2 Å². The fourth-order valence-electron chi connectivity index (χ4n) is 3.36. The third-order valence-corrected chi connectivity index (χ3v) is 4.81. The van der Waals surface area contributed by atoms with Crippen LogP contribution in [0.5, 0.6) is 11.5 Å². The first-order valence-electron chi connectivity index (χ1n) is 8.84. The average molecular weight is 362 g/mol. The second-order valence-electron chi connectivity index (χ2n) is 6.45. The van der Waals surface area contributed by atoms with E-state index in [0.717, 1.165) is 52.2 Å². The van der Waals surface area contributed by atoms with Gasteiger partial charge in [-0.05, 0) is 30.2 Å². The van der Waals surface area contributed by atoms with Crippen LogP contribution in [0.25, 0.3) is 21.9 Å². The van der Waals surface area contributed by atoms with Gasteiger partial charge in [-0.3, -0.25) is 0 Å². The molecule has 6 heteroatoms. The summed E-state index contributed by atoms with van der Waals surface area (Å²) in [6, 6.07) is 14.2. The van der Waals surface area contributed by atoms with Gasteiger partial charge in [0.15, 0.2) is 17.3 Å². The van der Waals surface area contributed by atoms with Crippen LogP contribution in [0, 0.1) is 0 Å². The Labute approximate surface area is 157 Å². The van der Waals surface area contributed by atoms with E-state index in [0.29, 0.717) is 0 Å². The van der Waals surface area contributed by atoms with Gasteiger partial charge in [-0.15, -0.1) is 0 Å². The molecule has 0 unspecified atom stereocenters. The molecular weight excluding hydrogens is 340 g/mol. The van der Waals surface area contributed by atoms with E-state index < -0.39 is 0 Å². The molecule has 138 valence electrons. The number of aromatic nitrogens is 3. The highest BCUT2D eigenvalue weighted by Gasteiger charge is 2.13. The Balaban J connectivity index is 1.59. The predicted molar refractivity (Wildman–Crippen MR) is 108 cm³/mol. The molecule has 2 aromatic heterocycles. The minimum atomic E-state index is 0.741. The van der Waals surface area contributed by atoms with Crippen molar-refractivity contribution < 1.29 is 9.47 Å². The lowest BCUT2D eigenvalue weighted by Crippen LogP contribution is -2.21. The van der Waals surface area contributed by atoms with E-state index in [4.69, 9.17) is 9.47 Å². The highest BCUT2D eigenvalue weighted by Crippen LogP contribution is 2.30. The minimum absolute atomic E-state index is 0.741. The summed E-state index contributed by atoms with van der Waals surface area (Å²) in [7, 11) is 5.35. The topological polar surface area (TPSA) is 63.3 Å². The predicted octanol–water partition coefficient (Wildman–Crippen LogP) is 3.81. The van der Waals surface area contributed by atoms with E-state index >= 15 is 0 Å². The SMILES string of the molecule is COc1ccc(CCN(C)c2ncnc3c2[nH]c2ccccc23)cc1OC. The van der Waals surface area contributed by atoms with Gasteiger partial charge >= 0.3 is 0 Å². The van der Waals surface area contributed by atoms with Crippen LogP contribution in [0.2, 0.25) is 0 Å². The van der Waals surface area contributed by atoms with E-state index in [1.165, 1.54) is 5.56 Å². The largest absolute Gasteiger partial charge is 0.493 e. The van der Waals surface area contributed by atoms with Crippen molar-refractivity contribution in [3.63, 3.8) is 0 Å². The zero-order valence-corrected chi connectivity index (χ0v) is 15.7. The molecule has 0 amide bonds. The van der Waals surface area contributed by atoms with Crippen molar-refractivity contribution in [3.05, 3.63) is 54.4 Å². The molecule has 4 aromatic rings. The number of benzene rings is 2. The minimum Gasteiger partial charge on any atom is -0.493 e. The standard InChI is InChI=1S/C21H22N4O2/c1-25(11-10-14-8-9-17(26-2)18(12-14)27-3)21-20-19(22-13-23-21)15-6-4-5-7-16(15)24-20/h4-9,12-13,24H,10-11H2,1-3H3. The number of fused-ring (bicyclic) bond motifs is 3. The van der Waals surface area contributed by atoms with Crippen LogP contribution in [0.1, 0.15) is 5.56 Å². The van der Waals surface area contributed by atoms with Crippen molar-refractivity contribution in [1.82, 2.24) is 15.0 Å². The zero-order chi connectivity index (χ0) is 18.8. The molecule has 6 nitrogen and oxygen atoms in total. The molecule has 0 fully saturated rings. The number of likely N-dealkylation sites (N-methyl/N-ethyl adjacent to an activating group) is 1. The maximum atomic E-state index is 5.40. The first-order valence-corrected chi connectivity index (χ1v) is 8.84. The average Bonchev–Trinajstić information content (AvgIpc) is 3.10. The lowest BCUT2D eigenvalue weighted by atomic mass is 10.1. The van der Waals surface area contributed by atoms with E-state index in [2.05, 4.69) is 38.1 Å². The maximum absolute atomic E-state index is 5.40. The number of hydrogen-bond acceptors (Lipinski definition) is 5. The second kappa shape index (κ2) is 7.15. The summed E-state index contributed by atoms with van der Waals surface area (Å²) in [6.45, 7) is 0.816. The van der Waals surface area contributed by atoms with Gasteiger partial charge in [0, 0.05) is 24.5 Å². The summed E-state index contributed by atoms with van der Waals surface area (Å²) < 4.78 is 10.7. The fourth-order valence-corrected chi connectivity index (χ4v) is 3.36. The summed E-state index contributed by atoms with van der Waals surface area (Å²) in [4.78, 5) is 14.6. The molecule has 0 bridgehead atoms. The van der Waals surface area contributed by atoms with E-state index in [-0.39, 0.29) is 0 Å². The number of methoxy groups -OCH3 is 2. The van der Waals surface area contributed by atoms with E-state index in [1.54, 1.807) is 20.5 Å². The molecular formula is C21H22N4O2. The quantitative estimate of drug-likeness (QED) is 0.565. The van der Waals surface area contributed by atoms with Gasteiger partial charge in [-0.1, -0.05) is 24.3 Å². The zero-order valence-electron chi connectivity index (χ0n) is 15.7. The maximum Gasteiger partial charge on any atom is 0.160 e. The molecule has 1 N–H and O–H groups in total. The number of hydrogen-bond donors (Lipinski definition) is 1. The molecule has 0 saturated carbocycles. The van der Waals surface area contributed by atoms with Gasteiger partial charge in [0.25, 0.3) is 0 Å². The molecule has 2 heterocycles. The van der Waals surface area contributed by atoms with Crippen LogP contribution in [-0.4, -0.2) is 42.8 Å². The lowest BCUT2D eigenvalue weighted by molar-refractivity contribution is 0.354. The molecule has 27 heavy (non-hydrogen) atoms. The molecule has 0 aliphatic carbocycles. The number of para-hydroxylation sites is 1. The van der Waals surface area contributed by atoms with E-state index in [9.17, 15) is 0 Å². The number of nitrogens with one attached hydrogen (secondary N) is 1. The van der Waals surface area contributed by atoms with Crippen molar-refractivity contribution in [2.24, 2.45) is 0 Å². The smallest absolute Gasteiger partial charge is 0.160 e. The molecule has 0 spiro atoms. The highest BCUT2D eigenvalue weighted by molar-refractivity contribution is 6.08. The molecule has 0 aliphatic rings. The first kappa shape index (κ1) is 17.1. The van der Waals surface area contributed by atoms with Crippen molar-refractivity contribution in [2.45, 2.75) is 6.42 Å².